The molecule has 170 valence electrons. The second-order valence-corrected chi connectivity index (χ2v) is 8.89. The number of amides is 2. The van der Waals surface area contributed by atoms with Crippen LogP contribution in [0.25, 0.3) is 11.1 Å². The molecule has 0 aromatic heterocycles. The molecule has 1 aliphatic rings. The number of nitrogens with zero attached hydrogens (tertiary/aromatic N) is 1. The monoisotopic (exact) mass is 438 g/mol. The minimum atomic E-state index is -1.10. The highest BCUT2D eigenvalue weighted by molar-refractivity contribution is 5.99. The number of aliphatic carboxylic acids is 1. The van der Waals surface area contributed by atoms with Crippen LogP contribution in [0.4, 0.5) is 10.5 Å². The van der Waals surface area contributed by atoms with E-state index < -0.39 is 11.4 Å². The van der Waals surface area contributed by atoms with Crippen molar-refractivity contribution >= 4 is 23.5 Å². The number of carbonyl (C=O) groups is 3. The number of hydrogen-bond acceptors (Lipinski definition) is 4. The predicted octanol–water partition coefficient (Wildman–Crippen LogP) is 4.68. The van der Waals surface area contributed by atoms with Crippen LogP contribution in [0.1, 0.15) is 43.5 Å². The Morgan fingerprint density at radius 3 is 2.19 bits per heavy atom. The Labute approximate surface area is 188 Å². The molecule has 32 heavy (non-hydrogen) atoms. The zero-order valence-corrected chi connectivity index (χ0v) is 18.8. The third kappa shape index (κ3) is 5.95. The summed E-state index contributed by atoms with van der Waals surface area (Å²) in [7, 11) is 1.76. The molecule has 7 nitrogen and oxygen atoms in total. The number of anilines is 1. The highest BCUT2D eigenvalue weighted by Gasteiger charge is 2.30. The summed E-state index contributed by atoms with van der Waals surface area (Å²) in [5.41, 5.74) is 1.95. The lowest BCUT2D eigenvalue weighted by molar-refractivity contribution is -0.146. The molecule has 0 aliphatic carbocycles. The van der Waals surface area contributed by atoms with Gasteiger partial charge in [-0.1, -0.05) is 36.4 Å². The zero-order chi connectivity index (χ0) is 23.3. The Morgan fingerprint density at radius 2 is 1.66 bits per heavy atom. The number of rotatable bonds is 8. The van der Waals surface area contributed by atoms with E-state index >= 15 is 0 Å². The van der Waals surface area contributed by atoms with Gasteiger partial charge >= 0.3 is 12.0 Å². The zero-order valence-electron chi connectivity index (χ0n) is 18.8. The van der Waals surface area contributed by atoms with Gasteiger partial charge in [0.25, 0.3) is 0 Å². The summed E-state index contributed by atoms with van der Waals surface area (Å²) in [6.07, 6.45) is 2.07. The number of Topliss-reactive ketones (excluding diaryl/α,β-unsaturated/α-hetero) is 1. The van der Waals surface area contributed by atoms with E-state index in [-0.39, 0.29) is 24.3 Å². The van der Waals surface area contributed by atoms with Gasteiger partial charge in [0.05, 0.1) is 11.5 Å². The van der Waals surface area contributed by atoms with Crippen molar-refractivity contribution in [2.75, 3.05) is 25.5 Å². The number of hydrogen-bond donors (Lipinski definition) is 2. The fourth-order valence-electron chi connectivity index (χ4n) is 3.57. The first-order valence-electron chi connectivity index (χ1n) is 10.8. The summed E-state index contributed by atoms with van der Waals surface area (Å²) in [6, 6.07) is 14.4. The summed E-state index contributed by atoms with van der Waals surface area (Å²) >= 11 is 0. The molecule has 0 saturated carbocycles. The molecule has 1 aliphatic heterocycles. The number of urea groups is 1. The van der Waals surface area contributed by atoms with Crippen molar-refractivity contribution in [2.45, 2.75) is 39.2 Å². The highest BCUT2D eigenvalue weighted by atomic mass is 16.5. The number of nitrogens with one attached hydrogen (secondary N) is 1. The van der Waals surface area contributed by atoms with Crippen LogP contribution in [0.2, 0.25) is 0 Å². The largest absolute Gasteiger partial charge is 0.481 e. The summed E-state index contributed by atoms with van der Waals surface area (Å²) in [4.78, 5) is 37.7. The first-order chi connectivity index (χ1) is 15.2. The van der Waals surface area contributed by atoms with E-state index in [0.717, 1.165) is 30.6 Å². The Kier molecular flexibility index (Phi) is 7.30. The van der Waals surface area contributed by atoms with Gasteiger partial charge in [0.1, 0.15) is 0 Å². The Balaban J connectivity index is 1.59. The lowest BCUT2D eigenvalue weighted by Crippen LogP contribution is -2.37. The van der Waals surface area contributed by atoms with Crippen LogP contribution in [0.3, 0.4) is 0 Å². The molecule has 0 bridgehead atoms. The van der Waals surface area contributed by atoms with Gasteiger partial charge < -0.3 is 20.1 Å². The highest BCUT2D eigenvalue weighted by Crippen LogP contribution is 2.26. The van der Waals surface area contributed by atoms with Gasteiger partial charge in [-0.2, -0.15) is 0 Å². The first-order valence-corrected chi connectivity index (χ1v) is 10.8. The standard InChI is InChI=1S/C25H30N2O5/c1-25(2,23(29)30)15-22(28)19-8-6-17(7-9-19)18-10-12-20(13-11-18)26-24(31)27(3)16-21-5-4-14-32-21/h6-13,21H,4-5,14-16H2,1-3H3,(H,26,31)(H,29,30). The van der Waals surface area contributed by atoms with Crippen molar-refractivity contribution in [1.82, 2.24) is 4.90 Å². The lowest BCUT2D eigenvalue weighted by atomic mass is 9.85. The van der Waals surface area contributed by atoms with Gasteiger partial charge in [0.2, 0.25) is 0 Å². The number of benzene rings is 2. The maximum absolute atomic E-state index is 12.4. The maximum atomic E-state index is 12.4. The van der Waals surface area contributed by atoms with Gasteiger partial charge in [0, 0.05) is 37.9 Å². The number of ketones is 1. The molecule has 0 radical (unpaired) electrons. The van der Waals surface area contributed by atoms with Gasteiger partial charge in [0.15, 0.2) is 5.78 Å². The Bertz CT molecular complexity index is 961. The molecule has 1 saturated heterocycles. The van der Waals surface area contributed by atoms with Crippen molar-refractivity contribution in [2.24, 2.45) is 5.41 Å². The van der Waals surface area contributed by atoms with Crippen molar-refractivity contribution in [3.63, 3.8) is 0 Å². The summed E-state index contributed by atoms with van der Waals surface area (Å²) < 4.78 is 5.58. The molecule has 7 heteroatoms. The van der Waals surface area contributed by atoms with Crippen LogP contribution in [0, 0.1) is 5.41 Å². The normalized spacial score (nSPS) is 15.9. The molecule has 0 spiro atoms. The van der Waals surface area contributed by atoms with Crippen molar-refractivity contribution in [3.8, 4) is 11.1 Å². The van der Waals surface area contributed by atoms with Gasteiger partial charge in [-0.25, -0.2) is 4.79 Å². The molecular formula is C25H30N2O5. The van der Waals surface area contributed by atoms with E-state index in [1.165, 1.54) is 0 Å². The van der Waals surface area contributed by atoms with Crippen LogP contribution in [0.5, 0.6) is 0 Å². The van der Waals surface area contributed by atoms with Gasteiger partial charge in [-0.15, -0.1) is 0 Å². The Morgan fingerprint density at radius 1 is 1.06 bits per heavy atom. The summed E-state index contributed by atoms with van der Waals surface area (Å²) in [5.74, 6) is -1.19. The van der Waals surface area contributed by atoms with E-state index in [1.807, 2.05) is 36.4 Å². The average molecular weight is 439 g/mol. The molecule has 3 rings (SSSR count). The second-order valence-electron chi connectivity index (χ2n) is 8.89. The third-order valence-corrected chi connectivity index (χ3v) is 5.71. The summed E-state index contributed by atoms with van der Waals surface area (Å²) in [6.45, 7) is 4.42. The van der Waals surface area contributed by atoms with Crippen LogP contribution in [-0.2, 0) is 9.53 Å². The molecule has 1 fully saturated rings. The fourth-order valence-corrected chi connectivity index (χ4v) is 3.57. The molecular weight excluding hydrogens is 408 g/mol. The quantitative estimate of drug-likeness (QED) is 0.584. The maximum Gasteiger partial charge on any atom is 0.321 e. The van der Waals surface area contributed by atoms with Crippen molar-refractivity contribution in [3.05, 3.63) is 54.1 Å². The number of ether oxygens (including phenoxy) is 1. The molecule has 1 atom stereocenters. The van der Waals surface area contributed by atoms with Crippen molar-refractivity contribution < 1.29 is 24.2 Å². The minimum Gasteiger partial charge on any atom is -0.481 e. The lowest BCUT2D eigenvalue weighted by Gasteiger charge is -2.21. The number of carboxylic acid groups (broad SMARTS) is 1. The third-order valence-electron chi connectivity index (χ3n) is 5.71. The van der Waals surface area contributed by atoms with Crippen molar-refractivity contribution in [1.29, 1.82) is 0 Å². The van der Waals surface area contributed by atoms with E-state index in [2.05, 4.69) is 5.32 Å². The number of likely N-dealkylation sites (N-methyl/N-ethyl adjacent to an activating group) is 1. The van der Waals surface area contributed by atoms with Gasteiger partial charge in [-0.3, -0.25) is 9.59 Å². The molecule has 2 aromatic carbocycles. The molecule has 2 N–H and O–H groups in total. The first kappa shape index (κ1) is 23.5. The van der Waals surface area contributed by atoms with E-state index in [1.54, 1.807) is 37.9 Å². The van der Waals surface area contributed by atoms with Gasteiger partial charge in [-0.05, 0) is 49.9 Å². The molecule has 2 aromatic rings. The second kappa shape index (κ2) is 9.96. The van der Waals surface area contributed by atoms with E-state index in [4.69, 9.17) is 4.74 Å². The molecule has 2 amide bonds. The van der Waals surface area contributed by atoms with Crippen LogP contribution < -0.4 is 5.32 Å². The summed E-state index contributed by atoms with van der Waals surface area (Å²) in [5, 5.41) is 12.1. The Hall–Kier alpha value is -3.19. The SMILES string of the molecule is CN(CC1CCCO1)C(=O)Nc1ccc(-c2ccc(C(=O)CC(C)(C)C(=O)O)cc2)cc1. The number of carboxylic acids is 1. The van der Waals surface area contributed by atoms with Crippen LogP contribution >= 0.6 is 0 Å². The predicted molar refractivity (Wildman–Crippen MR) is 123 cm³/mol. The number of carbonyl (C=O) groups excluding carboxylic acids is 2. The van der Waals surface area contributed by atoms with E-state index in [9.17, 15) is 19.5 Å². The minimum absolute atomic E-state index is 0.0581. The molecule has 1 unspecified atom stereocenters. The van der Waals surface area contributed by atoms with E-state index in [0.29, 0.717) is 17.8 Å². The smallest absolute Gasteiger partial charge is 0.321 e. The van der Waals surface area contributed by atoms with Crippen LogP contribution in [0.15, 0.2) is 48.5 Å². The molecule has 1 heterocycles. The average Bonchev–Trinajstić information content (AvgIpc) is 3.27. The fraction of sp³-hybridized carbons (Fsp3) is 0.400. The van der Waals surface area contributed by atoms with Crippen LogP contribution in [-0.4, -0.2) is 54.1 Å². The topological polar surface area (TPSA) is 95.9 Å².